The fourth-order valence-electron chi connectivity index (χ4n) is 2.27. The minimum atomic E-state index is -0.334. The van der Waals surface area contributed by atoms with Crippen molar-refractivity contribution in [2.75, 3.05) is 7.05 Å². The van der Waals surface area contributed by atoms with Crippen molar-refractivity contribution in [3.63, 3.8) is 0 Å². The van der Waals surface area contributed by atoms with Crippen LogP contribution in [0.5, 0.6) is 11.5 Å². The van der Waals surface area contributed by atoms with E-state index in [2.05, 4.69) is 25.2 Å². The van der Waals surface area contributed by atoms with Gasteiger partial charge in [0, 0.05) is 6.54 Å². The summed E-state index contributed by atoms with van der Waals surface area (Å²) >= 11 is 0. The molecule has 0 aliphatic heterocycles. The third-order valence-electron chi connectivity index (χ3n) is 3.39. The van der Waals surface area contributed by atoms with E-state index in [1.165, 1.54) is 6.07 Å². The first-order valence-electron chi connectivity index (χ1n) is 7.22. The Kier molecular flexibility index (Phi) is 4.97. The number of ether oxygens (including phenoxy) is 1. The zero-order valence-electron chi connectivity index (χ0n) is 13.0. The molecule has 0 saturated heterocycles. The van der Waals surface area contributed by atoms with Crippen LogP contribution in [0.1, 0.15) is 36.5 Å². The highest BCUT2D eigenvalue weighted by molar-refractivity contribution is 5.43. The molecule has 2 aromatic carbocycles. The lowest BCUT2D eigenvalue weighted by molar-refractivity contribution is 0.434. The number of nitrogens with one attached hydrogen (secondary N) is 1. The second-order valence-corrected chi connectivity index (χ2v) is 5.59. The summed E-state index contributed by atoms with van der Waals surface area (Å²) in [4.78, 5) is 0. The number of benzene rings is 2. The standard InChI is InChI=1S/C18H22FNO/c1-12(2)15-7-5-13(3)9-18(15)21-17-8-6-14(11-20-4)10-16(17)19/h5-10,12,20H,11H2,1-4H3. The fraction of sp³-hybridized carbons (Fsp3) is 0.333. The van der Waals surface area contributed by atoms with Crippen molar-refractivity contribution in [3.05, 3.63) is 58.9 Å². The van der Waals surface area contributed by atoms with Crippen LogP contribution >= 0.6 is 0 Å². The summed E-state index contributed by atoms with van der Waals surface area (Å²) < 4.78 is 20.0. The Morgan fingerprint density at radius 3 is 2.48 bits per heavy atom. The number of halogens is 1. The van der Waals surface area contributed by atoms with Gasteiger partial charge in [-0.15, -0.1) is 0 Å². The van der Waals surface area contributed by atoms with Gasteiger partial charge in [-0.25, -0.2) is 4.39 Å². The molecule has 2 rings (SSSR count). The van der Waals surface area contributed by atoms with Crippen molar-refractivity contribution in [2.45, 2.75) is 33.2 Å². The highest BCUT2D eigenvalue weighted by Gasteiger charge is 2.12. The Hall–Kier alpha value is -1.87. The summed E-state index contributed by atoms with van der Waals surface area (Å²) in [5, 5.41) is 3.00. The molecule has 3 heteroatoms. The van der Waals surface area contributed by atoms with Gasteiger partial charge in [0.25, 0.3) is 0 Å². The zero-order chi connectivity index (χ0) is 15.4. The van der Waals surface area contributed by atoms with Crippen LogP contribution in [-0.2, 0) is 6.54 Å². The molecule has 0 unspecified atom stereocenters. The van der Waals surface area contributed by atoms with Gasteiger partial charge >= 0.3 is 0 Å². The topological polar surface area (TPSA) is 21.3 Å². The Morgan fingerprint density at radius 2 is 1.86 bits per heavy atom. The largest absolute Gasteiger partial charge is 0.454 e. The summed E-state index contributed by atoms with van der Waals surface area (Å²) in [7, 11) is 1.84. The number of hydrogen-bond donors (Lipinski definition) is 1. The van der Waals surface area contributed by atoms with Crippen LogP contribution in [0.25, 0.3) is 0 Å². The third kappa shape index (κ3) is 3.82. The minimum Gasteiger partial charge on any atom is -0.454 e. The molecule has 0 bridgehead atoms. The molecule has 0 aliphatic rings. The Balaban J connectivity index is 2.31. The molecule has 0 spiro atoms. The predicted molar refractivity (Wildman–Crippen MR) is 84.5 cm³/mol. The molecule has 0 aliphatic carbocycles. The molecular weight excluding hydrogens is 265 g/mol. The first-order chi connectivity index (χ1) is 10.0. The van der Waals surface area contributed by atoms with Crippen LogP contribution in [0, 0.1) is 12.7 Å². The summed E-state index contributed by atoms with van der Waals surface area (Å²) in [5.41, 5.74) is 3.08. The van der Waals surface area contributed by atoms with Crippen molar-refractivity contribution < 1.29 is 9.13 Å². The summed E-state index contributed by atoms with van der Waals surface area (Å²) in [6.45, 7) is 6.84. The molecule has 0 fully saturated rings. The van der Waals surface area contributed by atoms with Crippen molar-refractivity contribution in [2.24, 2.45) is 0 Å². The van der Waals surface area contributed by atoms with Gasteiger partial charge in [-0.3, -0.25) is 0 Å². The Labute approximate surface area is 126 Å². The number of rotatable bonds is 5. The van der Waals surface area contributed by atoms with Crippen molar-refractivity contribution in [3.8, 4) is 11.5 Å². The molecular formula is C18H22FNO. The van der Waals surface area contributed by atoms with Crippen LogP contribution in [-0.4, -0.2) is 7.05 Å². The smallest absolute Gasteiger partial charge is 0.166 e. The van der Waals surface area contributed by atoms with E-state index in [0.29, 0.717) is 12.5 Å². The van der Waals surface area contributed by atoms with E-state index in [9.17, 15) is 4.39 Å². The lowest BCUT2D eigenvalue weighted by Crippen LogP contribution is -2.05. The maximum atomic E-state index is 14.1. The predicted octanol–water partition coefficient (Wildman–Crippen LogP) is 4.77. The monoisotopic (exact) mass is 287 g/mol. The lowest BCUT2D eigenvalue weighted by Gasteiger charge is -2.15. The minimum absolute atomic E-state index is 0.266. The fourth-order valence-corrected chi connectivity index (χ4v) is 2.27. The van der Waals surface area contributed by atoms with Gasteiger partial charge in [0.1, 0.15) is 5.75 Å². The van der Waals surface area contributed by atoms with E-state index in [1.807, 2.05) is 32.2 Å². The summed E-state index contributed by atoms with van der Waals surface area (Å²) in [6.07, 6.45) is 0. The van der Waals surface area contributed by atoms with Gasteiger partial charge in [0.05, 0.1) is 0 Å². The van der Waals surface area contributed by atoms with Crippen LogP contribution in [0.3, 0.4) is 0 Å². The maximum Gasteiger partial charge on any atom is 0.166 e. The van der Waals surface area contributed by atoms with Gasteiger partial charge in [-0.1, -0.05) is 32.0 Å². The van der Waals surface area contributed by atoms with Crippen LogP contribution in [0.2, 0.25) is 0 Å². The van der Waals surface area contributed by atoms with Crippen molar-refractivity contribution in [1.82, 2.24) is 5.32 Å². The molecule has 0 atom stereocenters. The second-order valence-electron chi connectivity index (χ2n) is 5.59. The maximum absolute atomic E-state index is 14.1. The molecule has 112 valence electrons. The van der Waals surface area contributed by atoms with Gasteiger partial charge < -0.3 is 10.1 Å². The van der Waals surface area contributed by atoms with E-state index in [1.54, 1.807) is 6.07 Å². The first kappa shape index (κ1) is 15.5. The van der Waals surface area contributed by atoms with E-state index in [0.717, 1.165) is 22.4 Å². The molecule has 0 saturated carbocycles. The van der Waals surface area contributed by atoms with Crippen LogP contribution in [0.4, 0.5) is 4.39 Å². The highest BCUT2D eigenvalue weighted by atomic mass is 19.1. The molecule has 1 N–H and O–H groups in total. The highest BCUT2D eigenvalue weighted by Crippen LogP contribution is 2.32. The van der Waals surface area contributed by atoms with E-state index in [-0.39, 0.29) is 11.6 Å². The second kappa shape index (κ2) is 6.72. The molecule has 2 nitrogen and oxygen atoms in total. The Morgan fingerprint density at radius 1 is 1.10 bits per heavy atom. The first-order valence-corrected chi connectivity index (χ1v) is 7.22. The van der Waals surface area contributed by atoms with Crippen molar-refractivity contribution in [1.29, 1.82) is 0 Å². The lowest BCUT2D eigenvalue weighted by atomic mass is 10.0. The van der Waals surface area contributed by atoms with Crippen LogP contribution < -0.4 is 10.1 Å². The van der Waals surface area contributed by atoms with Gasteiger partial charge in [0.2, 0.25) is 0 Å². The molecule has 0 heterocycles. The van der Waals surface area contributed by atoms with Gasteiger partial charge in [0.15, 0.2) is 11.6 Å². The average Bonchev–Trinajstić information content (AvgIpc) is 2.42. The summed E-state index contributed by atoms with van der Waals surface area (Å²) in [6, 6.07) is 11.1. The molecule has 0 aromatic heterocycles. The van der Waals surface area contributed by atoms with E-state index in [4.69, 9.17) is 4.74 Å². The normalized spacial score (nSPS) is 11.0. The molecule has 0 radical (unpaired) electrons. The number of aryl methyl sites for hydroxylation is 1. The van der Waals surface area contributed by atoms with Gasteiger partial charge in [-0.05, 0) is 54.8 Å². The zero-order valence-corrected chi connectivity index (χ0v) is 13.0. The SMILES string of the molecule is CNCc1ccc(Oc2cc(C)ccc2C(C)C)c(F)c1. The van der Waals surface area contributed by atoms with E-state index >= 15 is 0 Å². The van der Waals surface area contributed by atoms with Crippen molar-refractivity contribution >= 4 is 0 Å². The molecule has 0 amide bonds. The quantitative estimate of drug-likeness (QED) is 0.855. The molecule has 2 aromatic rings. The van der Waals surface area contributed by atoms with Crippen LogP contribution in [0.15, 0.2) is 36.4 Å². The van der Waals surface area contributed by atoms with Gasteiger partial charge in [-0.2, -0.15) is 0 Å². The van der Waals surface area contributed by atoms with E-state index < -0.39 is 0 Å². The summed E-state index contributed by atoms with van der Waals surface area (Å²) in [5.74, 6) is 0.985. The Bertz CT molecular complexity index is 623. The number of hydrogen-bond acceptors (Lipinski definition) is 2. The average molecular weight is 287 g/mol. The molecule has 21 heavy (non-hydrogen) atoms. The third-order valence-corrected chi connectivity index (χ3v) is 3.39.